The predicted molar refractivity (Wildman–Crippen MR) is 81.3 cm³/mol. The lowest BCUT2D eigenvalue weighted by molar-refractivity contribution is 0.102. The molecule has 4 N–H and O–H groups in total. The van der Waals surface area contributed by atoms with E-state index in [0.717, 1.165) is 0 Å². The smallest absolute Gasteiger partial charge is 0.255 e. The molecule has 0 saturated heterocycles. The molecule has 5 nitrogen and oxygen atoms in total. The molecule has 0 radical (unpaired) electrons. The Bertz CT molecular complexity index is 674. The van der Waals surface area contributed by atoms with Crippen LogP contribution in [0.15, 0.2) is 44.2 Å². The number of nitrogens with two attached hydrogens (primary N) is 1. The molecule has 1 amide bonds. The molecule has 1 heterocycles. The lowest BCUT2D eigenvalue weighted by atomic mass is 10.2. The first kappa shape index (κ1) is 13.8. The summed E-state index contributed by atoms with van der Waals surface area (Å²) in [6.07, 6.45) is 1.42. The molecular weight excluding hydrogens is 378 g/mol. The molecule has 0 saturated carbocycles. The molecular formula is C12H9Br2N3O2. The number of pyridine rings is 1. The SMILES string of the molecule is Nc1cc(Br)c(NC(=O)c2cc[nH]c(=O)c2)c(Br)c1. The Labute approximate surface area is 125 Å². The lowest BCUT2D eigenvalue weighted by Crippen LogP contribution is -2.16. The predicted octanol–water partition coefficient (Wildman–Crippen LogP) is 2.73. The number of aromatic amines is 1. The van der Waals surface area contributed by atoms with E-state index in [1.54, 1.807) is 12.1 Å². The maximum atomic E-state index is 12.0. The minimum absolute atomic E-state index is 0.277. The molecule has 0 aliphatic rings. The van der Waals surface area contributed by atoms with Crippen molar-refractivity contribution in [3.8, 4) is 0 Å². The van der Waals surface area contributed by atoms with Gasteiger partial charge in [0.1, 0.15) is 0 Å². The van der Waals surface area contributed by atoms with Crippen LogP contribution in [-0.4, -0.2) is 10.9 Å². The van der Waals surface area contributed by atoms with Crippen LogP contribution in [0, 0.1) is 0 Å². The number of carbonyl (C=O) groups excluding carboxylic acids is 1. The molecule has 0 atom stereocenters. The first-order valence-electron chi connectivity index (χ1n) is 5.22. The zero-order chi connectivity index (χ0) is 14.0. The minimum atomic E-state index is -0.378. The van der Waals surface area contributed by atoms with Crippen molar-refractivity contribution in [2.24, 2.45) is 0 Å². The van der Waals surface area contributed by atoms with Gasteiger partial charge in [0.25, 0.3) is 5.91 Å². The molecule has 19 heavy (non-hydrogen) atoms. The molecule has 1 aromatic heterocycles. The average Bonchev–Trinajstić information content (AvgIpc) is 2.33. The Morgan fingerprint density at radius 3 is 2.42 bits per heavy atom. The van der Waals surface area contributed by atoms with E-state index in [4.69, 9.17) is 5.73 Å². The third kappa shape index (κ3) is 3.24. The Morgan fingerprint density at radius 2 is 1.84 bits per heavy atom. The van der Waals surface area contributed by atoms with E-state index in [2.05, 4.69) is 42.2 Å². The third-order valence-corrected chi connectivity index (χ3v) is 3.59. The van der Waals surface area contributed by atoms with Crippen LogP contribution >= 0.6 is 31.9 Å². The second-order valence-electron chi connectivity index (χ2n) is 3.76. The van der Waals surface area contributed by atoms with Gasteiger partial charge in [-0.25, -0.2) is 0 Å². The molecule has 0 fully saturated rings. The number of amides is 1. The van der Waals surface area contributed by atoms with Crippen molar-refractivity contribution in [2.75, 3.05) is 11.1 Å². The standard InChI is InChI=1S/C12H9Br2N3O2/c13-8-4-7(15)5-9(14)11(8)17-12(19)6-1-2-16-10(18)3-6/h1-5H,15H2,(H,16,18)(H,17,19). The molecule has 2 rings (SSSR count). The fourth-order valence-corrected chi connectivity index (χ4v) is 2.90. The summed E-state index contributed by atoms with van der Waals surface area (Å²) in [5.41, 5.74) is 6.74. The van der Waals surface area contributed by atoms with Gasteiger partial charge in [0, 0.05) is 32.5 Å². The van der Waals surface area contributed by atoms with Crippen molar-refractivity contribution in [1.29, 1.82) is 0 Å². The lowest BCUT2D eigenvalue weighted by Gasteiger charge is -2.10. The summed E-state index contributed by atoms with van der Waals surface area (Å²) in [7, 11) is 0. The van der Waals surface area contributed by atoms with Crippen LogP contribution in [0.3, 0.4) is 0 Å². The second-order valence-corrected chi connectivity index (χ2v) is 5.46. The minimum Gasteiger partial charge on any atom is -0.399 e. The Hall–Kier alpha value is -1.60. The largest absolute Gasteiger partial charge is 0.399 e. The number of hydrogen-bond donors (Lipinski definition) is 3. The maximum Gasteiger partial charge on any atom is 0.255 e. The van der Waals surface area contributed by atoms with Crippen molar-refractivity contribution in [1.82, 2.24) is 4.98 Å². The fourth-order valence-electron chi connectivity index (χ4n) is 1.48. The van der Waals surface area contributed by atoms with Gasteiger partial charge in [-0.05, 0) is 50.1 Å². The molecule has 2 aromatic rings. The number of halogens is 2. The highest BCUT2D eigenvalue weighted by atomic mass is 79.9. The monoisotopic (exact) mass is 385 g/mol. The van der Waals surface area contributed by atoms with Gasteiger partial charge >= 0.3 is 0 Å². The quantitative estimate of drug-likeness (QED) is 0.693. The highest BCUT2D eigenvalue weighted by molar-refractivity contribution is 9.11. The van der Waals surface area contributed by atoms with E-state index in [1.807, 2.05) is 0 Å². The Morgan fingerprint density at radius 1 is 1.21 bits per heavy atom. The van der Waals surface area contributed by atoms with E-state index in [9.17, 15) is 9.59 Å². The van der Waals surface area contributed by atoms with Crippen LogP contribution in [0.1, 0.15) is 10.4 Å². The summed E-state index contributed by atoms with van der Waals surface area (Å²) in [5, 5.41) is 2.71. The third-order valence-electron chi connectivity index (χ3n) is 2.34. The van der Waals surface area contributed by atoms with Gasteiger partial charge in [-0.2, -0.15) is 0 Å². The normalized spacial score (nSPS) is 10.2. The highest BCUT2D eigenvalue weighted by Crippen LogP contribution is 2.33. The van der Waals surface area contributed by atoms with Crippen LogP contribution < -0.4 is 16.6 Å². The number of aromatic nitrogens is 1. The number of nitrogen functional groups attached to an aromatic ring is 1. The molecule has 98 valence electrons. The Kier molecular flexibility index (Phi) is 4.06. The summed E-state index contributed by atoms with van der Waals surface area (Å²) < 4.78 is 1.30. The van der Waals surface area contributed by atoms with Gasteiger partial charge in [0.2, 0.25) is 5.56 Å². The average molecular weight is 387 g/mol. The summed E-state index contributed by atoms with van der Waals surface area (Å²) >= 11 is 6.64. The van der Waals surface area contributed by atoms with Gasteiger partial charge in [-0.15, -0.1) is 0 Å². The summed E-state index contributed by atoms with van der Waals surface area (Å²) in [5.74, 6) is -0.378. The summed E-state index contributed by atoms with van der Waals surface area (Å²) in [6, 6.07) is 6.11. The fraction of sp³-hybridized carbons (Fsp3) is 0. The van der Waals surface area contributed by atoms with Crippen molar-refractivity contribution in [3.05, 3.63) is 55.3 Å². The van der Waals surface area contributed by atoms with Crippen LogP contribution in [0.5, 0.6) is 0 Å². The zero-order valence-electron chi connectivity index (χ0n) is 9.54. The maximum absolute atomic E-state index is 12.0. The van der Waals surface area contributed by atoms with Crippen LogP contribution in [0.25, 0.3) is 0 Å². The highest BCUT2D eigenvalue weighted by Gasteiger charge is 2.12. The topological polar surface area (TPSA) is 88.0 Å². The van der Waals surface area contributed by atoms with Crippen LogP contribution in [0.2, 0.25) is 0 Å². The van der Waals surface area contributed by atoms with E-state index in [1.165, 1.54) is 18.3 Å². The molecule has 7 heteroatoms. The zero-order valence-corrected chi connectivity index (χ0v) is 12.7. The molecule has 0 aliphatic heterocycles. The molecule has 1 aromatic carbocycles. The van der Waals surface area contributed by atoms with Crippen molar-refractivity contribution in [2.45, 2.75) is 0 Å². The first-order valence-corrected chi connectivity index (χ1v) is 6.80. The van der Waals surface area contributed by atoms with E-state index < -0.39 is 0 Å². The second kappa shape index (κ2) is 5.58. The number of benzene rings is 1. The molecule has 0 unspecified atom stereocenters. The van der Waals surface area contributed by atoms with Crippen molar-refractivity contribution < 1.29 is 4.79 Å². The van der Waals surface area contributed by atoms with Crippen molar-refractivity contribution >= 4 is 49.1 Å². The summed E-state index contributed by atoms with van der Waals surface area (Å²) in [6.45, 7) is 0. The number of hydrogen-bond acceptors (Lipinski definition) is 3. The number of nitrogens with one attached hydrogen (secondary N) is 2. The number of H-pyrrole nitrogens is 1. The van der Waals surface area contributed by atoms with Gasteiger partial charge in [-0.1, -0.05) is 0 Å². The Balaban J connectivity index is 2.32. The molecule has 0 spiro atoms. The number of carbonyl (C=O) groups is 1. The van der Waals surface area contributed by atoms with Gasteiger partial charge in [-0.3, -0.25) is 9.59 Å². The van der Waals surface area contributed by atoms with Gasteiger partial charge in [0.15, 0.2) is 0 Å². The summed E-state index contributed by atoms with van der Waals surface area (Å²) in [4.78, 5) is 25.6. The van der Waals surface area contributed by atoms with E-state index >= 15 is 0 Å². The van der Waals surface area contributed by atoms with Crippen LogP contribution in [0.4, 0.5) is 11.4 Å². The van der Waals surface area contributed by atoms with Crippen LogP contribution in [-0.2, 0) is 0 Å². The molecule has 0 aliphatic carbocycles. The van der Waals surface area contributed by atoms with E-state index in [-0.39, 0.29) is 17.0 Å². The first-order chi connectivity index (χ1) is 8.97. The van der Waals surface area contributed by atoms with Gasteiger partial charge in [0.05, 0.1) is 5.69 Å². The number of rotatable bonds is 2. The molecule has 0 bridgehead atoms. The van der Waals surface area contributed by atoms with E-state index in [0.29, 0.717) is 20.3 Å². The number of anilines is 2. The van der Waals surface area contributed by atoms with Gasteiger partial charge < -0.3 is 16.0 Å². The van der Waals surface area contributed by atoms with Crippen molar-refractivity contribution in [3.63, 3.8) is 0 Å².